The molecule has 240 valence electrons. The molecular weight excluding hydrogens is 620 g/mol. The third-order valence-electron chi connectivity index (χ3n) is 9.78. The van der Waals surface area contributed by atoms with Crippen molar-refractivity contribution >= 4 is 40.9 Å². The number of esters is 1. The van der Waals surface area contributed by atoms with E-state index in [1.807, 2.05) is 0 Å². The molecule has 0 spiro atoms. The summed E-state index contributed by atoms with van der Waals surface area (Å²) in [6.07, 6.45) is 5.23. The maximum Gasteiger partial charge on any atom is 0.433 e. The normalized spacial score (nSPS) is 26.5. The molecule has 1 aliphatic heterocycles. The second-order valence-electron chi connectivity index (χ2n) is 12.6. The number of likely N-dealkylation sites (tertiary alicyclic amines) is 1. The summed E-state index contributed by atoms with van der Waals surface area (Å²) in [4.78, 5) is 45.6. The van der Waals surface area contributed by atoms with Crippen molar-refractivity contribution in [1.29, 1.82) is 0 Å². The summed E-state index contributed by atoms with van der Waals surface area (Å²) in [5.41, 5.74) is -2.51. The molecule has 2 aromatic rings. The van der Waals surface area contributed by atoms with Gasteiger partial charge in [-0.1, -0.05) is 55.3 Å². The van der Waals surface area contributed by atoms with Crippen LogP contribution in [-0.2, 0) is 15.7 Å². The molecule has 5 rings (SSSR count). The van der Waals surface area contributed by atoms with Gasteiger partial charge in [-0.3, -0.25) is 24.0 Å². The van der Waals surface area contributed by atoms with Gasteiger partial charge >= 0.3 is 12.1 Å². The Morgan fingerprint density at radius 1 is 1.00 bits per heavy atom. The van der Waals surface area contributed by atoms with E-state index in [4.69, 9.17) is 27.9 Å². The smallest absolute Gasteiger partial charge is 0.433 e. The van der Waals surface area contributed by atoms with Crippen LogP contribution in [0.2, 0.25) is 10.0 Å². The predicted molar refractivity (Wildman–Crippen MR) is 158 cm³/mol. The molecule has 0 radical (unpaired) electrons. The number of halogens is 5. The van der Waals surface area contributed by atoms with Crippen molar-refractivity contribution in [2.75, 3.05) is 13.2 Å². The van der Waals surface area contributed by atoms with Crippen LogP contribution < -0.4 is 0 Å². The average molecular weight is 658 g/mol. The van der Waals surface area contributed by atoms with Crippen LogP contribution in [0, 0.1) is 17.3 Å². The highest BCUT2D eigenvalue weighted by Gasteiger charge is 2.49. The molecule has 44 heavy (non-hydrogen) atoms. The molecule has 3 heterocycles. The average Bonchev–Trinajstić information content (AvgIpc) is 3.64. The minimum atomic E-state index is -4.89. The van der Waals surface area contributed by atoms with Crippen LogP contribution in [0.1, 0.15) is 111 Å². The number of carbonyl (C=O) groups excluding carboxylic acids is 3. The van der Waals surface area contributed by atoms with E-state index in [1.54, 1.807) is 13.8 Å². The van der Waals surface area contributed by atoms with Crippen molar-refractivity contribution in [2.24, 2.45) is 17.3 Å². The molecule has 8 nitrogen and oxygen atoms in total. The van der Waals surface area contributed by atoms with E-state index in [0.29, 0.717) is 19.3 Å². The lowest BCUT2D eigenvalue weighted by Crippen LogP contribution is -2.41. The van der Waals surface area contributed by atoms with Gasteiger partial charge in [-0.05, 0) is 57.8 Å². The molecule has 2 aromatic heterocycles. The molecule has 1 saturated heterocycles. The maximum absolute atomic E-state index is 14.7. The molecule has 2 saturated carbocycles. The summed E-state index contributed by atoms with van der Waals surface area (Å²) in [7, 11) is 0. The Morgan fingerprint density at radius 2 is 1.64 bits per heavy atom. The third-order valence-corrected chi connectivity index (χ3v) is 10.4. The number of ketones is 1. The standard InChI is InChI=1S/C31H37Cl2F3N4O4/c1-3-44-29(43)30(2)11-9-20(10-12-30)40-27(31(34,35)36)21(14-38-40)28(42)39-17-19(18-7-5-4-6-8-18)13-24(39)26(41)25-22(32)15-37-16-23(25)33/h14-16,18-20,24H,3-13,17H2,1-2H3/t19-,20-,24?,30-/m1/s1. The van der Waals surface area contributed by atoms with E-state index >= 15 is 0 Å². The highest BCUT2D eigenvalue weighted by atomic mass is 35.5. The lowest BCUT2D eigenvalue weighted by Gasteiger charge is -2.36. The number of hydrogen-bond donors (Lipinski definition) is 0. The lowest BCUT2D eigenvalue weighted by molar-refractivity contribution is -0.157. The summed E-state index contributed by atoms with van der Waals surface area (Å²) in [6.45, 7) is 3.85. The van der Waals surface area contributed by atoms with Crippen molar-refractivity contribution in [3.63, 3.8) is 0 Å². The van der Waals surface area contributed by atoms with Gasteiger partial charge in [0.25, 0.3) is 5.91 Å². The van der Waals surface area contributed by atoms with Gasteiger partial charge in [0.1, 0.15) is 0 Å². The van der Waals surface area contributed by atoms with Crippen LogP contribution in [0.15, 0.2) is 18.6 Å². The Hall–Kier alpha value is -2.66. The van der Waals surface area contributed by atoms with Crippen LogP contribution >= 0.6 is 23.2 Å². The lowest BCUT2D eigenvalue weighted by atomic mass is 9.74. The van der Waals surface area contributed by atoms with Gasteiger partial charge in [-0.2, -0.15) is 18.3 Å². The zero-order chi connectivity index (χ0) is 31.8. The number of hydrogen-bond acceptors (Lipinski definition) is 6. The molecule has 2 aliphatic carbocycles. The van der Waals surface area contributed by atoms with E-state index in [2.05, 4.69) is 10.1 Å². The van der Waals surface area contributed by atoms with Crippen LogP contribution in [0.5, 0.6) is 0 Å². The molecule has 0 bridgehead atoms. The molecule has 1 unspecified atom stereocenters. The third kappa shape index (κ3) is 6.36. The van der Waals surface area contributed by atoms with Crippen molar-refractivity contribution in [3.05, 3.63) is 45.5 Å². The Labute approximate surface area is 264 Å². The molecule has 13 heteroatoms. The number of alkyl halides is 3. The second-order valence-corrected chi connectivity index (χ2v) is 13.4. The van der Waals surface area contributed by atoms with E-state index < -0.39 is 46.6 Å². The van der Waals surface area contributed by atoms with Gasteiger partial charge in [0.15, 0.2) is 11.5 Å². The van der Waals surface area contributed by atoms with Crippen molar-refractivity contribution in [3.8, 4) is 0 Å². The number of rotatable bonds is 7. The fourth-order valence-corrected chi connectivity index (χ4v) is 7.88. The number of Topliss-reactive ketones (excluding diaryl/α,β-unsaturated/α-hetero) is 1. The first-order valence-electron chi connectivity index (χ1n) is 15.3. The molecular formula is C31H37Cl2F3N4O4. The van der Waals surface area contributed by atoms with Gasteiger partial charge in [0.2, 0.25) is 0 Å². The fraction of sp³-hybridized carbons (Fsp3) is 0.645. The zero-order valence-corrected chi connectivity index (χ0v) is 26.4. The van der Waals surface area contributed by atoms with Crippen molar-refractivity contribution < 1.29 is 32.3 Å². The Bertz CT molecular complexity index is 1380. The van der Waals surface area contributed by atoms with E-state index in [0.717, 1.165) is 43.0 Å². The first kappa shape index (κ1) is 32.7. The Balaban J connectivity index is 1.46. The SMILES string of the molecule is CCOC(=O)[C@]1(C)CC[C@@H](n2ncc(C(=O)N3C[C@H](C4CCCCC4)CC3C(=O)c3c(Cl)cncc3Cl)c2C(F)(F)F)CC1. The maximum atomic E-state index is 14.7. The summed E-state index contributed by atoms with van der Waals surface area (Å²) in [5, 5.41) is 4.13. The molecule has 3 fully saturated rings. The van der Waals surface area contributed by atoms with Crippen LogP contribution in [0.4, 0.5) is 13.2 Å². The summed E-state index contributed by atoms with van der Waals surface area (Å²) in [6, 6.07) is -1.69. The second kappa shape index (κ2) is 13.0. The van der Waals surface area contributed by atoms with Crippen molar-refractivity contribution in [1.82, 2.24) is 19.7 Å². The van der Waals surface area contributed by atoms with Crippen LogP contribution in [0.25, 0.3) is 0 Å². The van der Waals surface area contributed by atoms with Gasteiger partial charge in [-0.25, -0.2) is 0 Å². The minimum Gasteiger partial charge on any atom is -0.466 e. The zero-order valence-electron chi connectivity index (χ0n) is 24.8. The molecule has 0 N–H and O–H groups in total. The number of carbonyl (C=O) groups is 3. The summed E-state index contributed by atoms with van der Waals surface area (Å²) < 4.78 is 50.2. The number of nitrogens with zero attached hydrogens (tertiary/aromatic N) is 4. The fourth-order valence-electron chi connectivity index (χ4n) is 7.33. The first-order valence-corrected chi connectivity index (χ1v) is 16.1. The van der Waals surface area contributed by atoms with Gasteiger partial charge < -0.3 is 9.64 Å². The number of amides is 1. The molecule has 2 atom stereocenters. The predicted octanol–water partition coefficient (Wildman–Crippen LogP) is 7.58. The molecule has 3 aliphatic rings. The molecule has 1 amide bonds. The summed E-state index contributed by atoms with van der Waals surface area (Å²) >= 11 is 12.6. The van der Waals surface area contributed by atoms with E-state index in [9.17, 15) is 27.6 Å². The van der Waals surface area contributed by atoms with Crippen LogP contribution in [-0.4, -0.2) is 56.5 Å². The van der Waals surface area contributed by atoms with E-state index in [-0.39, 0.29) is 59.4 Å². The number of aromatic nitrogens is 3. The van der Waals surface area contributed by atoms with Crippen molar-refractivity contribution in [2.45, 2.75) is 96.3 Å². The number of pyridine rings is 1. The van der Waals surface area contributed by atoms with Gasteiger partial charge in [0.05, 0.1) is 51.5 Å². The highest BCUT2D eigenvalue weighted by molar-refractivity contribution is 6.40. The monoisotopic (exact) mass is 656 g/mol. The largest absolute Gasteiger partial charge is 0.466 e. The number of ether oxygens (including phenoxy) is 1. The molecule has 0 aromatic carbocycles. The van der Waals surface area contributed by atoms with Crippen LogP contribution in [0.3, 0.4) is 0 Å². The summed E-state index contributed by atoms with van der Waals surface area (Å²) in [5.74, 6) is -1.55. The Kier molecular flexibility index (Phi) is 9.66. The Morgan fingerprint density at radius 3 is 2.23 bits per heavy atom. The highest BCUT2D eigenvalue weighted by Crippen LogP contribution is 2.45. The van der Waals surface area contributed by atoms with Gasteiger partial charge in [0, 0.05) is 18.9 Å². The van der Waals surface area contributed by atoms with Gasteiger partial charge in [-0.15, -0.1) is 0 Å². The first-order chi connectivity index (χ1) is 20.9. The topological polar surface area (TPSA) is 94.4 Å². The van der Waals surface area contributed by atoms with E-state index in [1.165, 1.54) is 17.3 Å². The quantitative estimate of drug-likeness (QED) is 0.225. The minimum absolute atomic E-state index is 0.00835.